The Kier molecular flexibility index (Phi) is 7.68. The maximum atomic E-state index is 6.27. The second-order valence-electron chi connectivity index (χ2n) is 8.82. The van der Waals surface area contributed by atoms with Crippen LogP contribution in [0.15, 0.2) is 30.3 Å². The minimum atomic E-state index is -1.59. The highest BCUT2D eigenvalue weighted by atomic mass is 28.4. The van der Waals surface area contributed by atoms with E-state index in [2.05, 4.69) is 69.1 Å². The number of unbranched alkanes of at least 4 members (excludes halogenated alkanes) is 1. The molecule has 1 unspecified atom stereocenters. The van der Waals surface area contributed by atoms with Crippen molar-refractivity contribution in [3.05, 3.63) is 35.9 Å². The highest BCUT2D eigenvalue weighted by Crippen LogP contribution is 2.36. The Morgan fingerprint density at radius 2 is 1.88 bits per heavy atom. The van der Waals surface area contributed by atoms with Gasteiger partial charge in [-0.1, -0.05) is 51.1 Å². The quantitative estimate of drug-likeness (QED) is 0.475. The van der Waals surface area contributed by atoms with E-state index in [4.69, 9.17) is 9.16 Å². The zero-order chi connectivity index (χ0) is 18.3. The monoisotopic (exact) mass is 363 g/mol. The molecule has 1 saturated heterocycles. The first kappa shape index (κ1) is 20.6. The third-order valence-corrected chi connectivity index (χ3v) is 10.2. The van der Waals surface area contributed by atoms with Crippen LogP contribution in [0, 0.1) is 0 Å². The molecule has 1 aliphatic rings. The average molecular weight is 364 g/mol. The largest absolute Gasteiger partial charge is 0.417 e. The zero-order valence-electron chi connectivity index (χ0n) is 16.9. The van der Waals surface area contributed by atoms with E-state index >= 15 is 0 Å². The summed E-state index contributed by atoms with van der Waals surface area (Å²) in [7, 11) is -1.59. The van der Waals surface area contributed by atoms with Crippen molar-refractivity contribution >= 4 is 8.32 Å². The SMILES string of the molecule is CC(C)(C)[Si](C)(C)OCCCCC1CN(Cc2ccccc2)CCO1. The van der Waals surface area contributed by atoms with Crippen LogP contribution in [0.3, 0.4) is 0 Å². The van der Waals surface area contributed by atoms with Crippen molar-refractivity contribution in [3.63, 3.8) is 0 Å². The standard InChI is InChI=1S/C21H37NO2Si/c1-21(2,3)25(4,5)24-15-10-9-13-20-18-22(14-16-23-20)17-19-11-7-6-8-12-19/h6-8,11-12,20H,9-10,13-18H2,1-5H3. The van der Waals surface area contributed by atoms with Gasteiger partial charge in [0.1, 0.15) is 0 Å². The molecule has 25 heavy (non-hydrogen) atoms. The highest BCUT2D eigenvalue weighted by molar-refractivity contribution is 6.74. The van der Waals surface area contributed by atoms with Gasteiger partial charge in [-0.15, -0.1) is 0 Å². The molecule has 0 amide bonds. The predicted octanol–water partition coefficient (Wildman–Crippen LogP) is 5.08. The molecule has 0 saturated carbocycles. The summed E-state index contributed by atoms with van der Waals surface area (Å²) in [5.41, 5.74) is 1.39. The van der Waals surface area contributed by atoms with Gasteiger partial charge in [-0.2, -0.15) is 0 Å². The fourth-order valence-electron chi connectivity index (χ4n) is 2.96. The predicted molar refractivity (Wildman–Crippen MR) is 108 cm³/mol. The van der Waals surface area contributed by atoms with E-state index in [-0.39, 0.29) is 0 Å². The third-order valence-electron chi connectivity index (χ3n) is 5.66. The van der Waals surface area contributed by atoms with Gasteiger partial charge in [-0.25, -0.2) is 0 Å². The molecular formula is C21H37NO2Si. The summed E-state index contributed by atoms with van der Waals surface area (Å²) in [5.74, 6) is 0. The van der Waals surface area contributed by atoms with E-state index < -0.39 is 8.32 Å². The van der Waals surface area contributed by atoms with E-state index in [1.165, 1.54) is 12.0 Å². The fourth-order valence-corrected chi connectivity index (χ4v) is 4.05. The lowest BCUT2D eigenvalue weighted by molar-refractivity contribution is -0.0360. The van der Waals surface area contributed by atoms with Gasteiger partial charge in [0.15, 0.2) is 8.32 Å². The molecule has 1 fully saturated rings. The van der Waals surface area contributed by atoms with Crippen molar-refractivity contribution in [3.8, 4) is 0 Å². The zero-order valence-corrected chi connectivity index (χ0v) is 17.9. The van der Waals surface area contributed by atoms with Crippen molar-refractivity contribution in [1.82, 2.24) is 4.90 Å². The molecule has 0 bridgehead atoms. The molecule has 1 atom stereocenters. The lowest BCUT2D eigenvalue weighted by Crippen LogP contribution is -2.42. The molecule has 0 aromatic heterocycles. The fraction of sp³-hybridized carbons (Fsp3) is 0.714. The maximum Gasteiger partial charge on any atom is 0.191 e. The second kappa shape index (κ2) is 9.31. The van der Waals surface area contributed by atoms with Crippen LogP contribution in [0.2, 0.25) is 18.1 Å². The van der Waals surface area contributed by atoms with Crippen molar-refractivity contribution in [2.45, 2.75) is 70.8 Å². The van der Waals surface area contributed by atoms with Gasteiger partial charge in [0.25, 0.3) is 0 Å². The van der Waals surface area contributed by atoms with Gasteiger partial charge in [0.05, 0.1) is 12.7 Å². The lowest BCUT2D eigenvalue weighted by Gasteiger charge is -2.36. The normalized spacial score (nSPS) is 20.0. The van der Waals surface area contributed by atoms with Crippen LogP contribution in [-0.4, -0.2) is 45.6 Å². The van der Waals surface area contributed by atoms with E-state index in [1.807, 2.05) is 0 Å². The number of hydrogen-bond donors (Lipinski definition) is 0. The van der Waals surface area contributed by atoms with Gasteiger partial charge < -0.3 is 9.16 Å². The Hall–Kier alpha value is -0.683. The minimum absolute atomic E-state index is 0.303. The van der Waals surface area contributed by atoms with Gasteiger partial charge in [0, 0.05) is 26.2 Å². The van der Waals surface area contributed by atoms with Gasteiger partial charge in [-0.3, -0.25) is 4.90 Å². The van der Waals surface area contributed by atoms with Gasteiger partial charge >= 0.3 is 0 Å². The van der Waals surface area contributed by atoms with Crippen LogP contribution >= 0.6 is 0 Å². The number of ether oxygens (including phenoxy) is 1. The third kappa shape index (κ3) is 6.85. The molecule has 0 aliphatic carbocycles. The molecular weight excluding hydrogens is 326 g/mol. The second-order valence-corrected chi connectivity index (χ2v) is 13.6. The van der Waals surface area contributed by atoms with Crippen molar-refractivity contribution in [2.24, 2.45) is 0 Å². The van der Waals surface area contributed by atoms with Gasteiger partial charge in [0.2, 0.25) is 0 Å². The number of nitrogens with zero attached hydrogens (tertiary/aromatic N) is 1. The summed E-state index contributed by atoms with van der Waals surface area (Å²) in [6, 6.07) is 10.7. The summed E-state index contributed by atoms with van der Waals surface area (Å²) in [6.07, 6.45) is 3.86. The average Bonchev–Trinajstić information content (AvgIpc) is 2.55. The lowest BCUT2D eigenvalue weighted by atomic mass is 10.1. The summed E-state index contributed by atoms with van der Waals surface area (Å²) < 4.78 is 12.2. The molecule has 1 heterocycles. The summed E-state index contributed by atoms with van der Waals surface area (Å²) in [6.45, 7) is 16.5. The number of hydrogen-bond acceptors (Lipinski definition) is 3. The highest BCUT2D eigenvalue weighted by Gasteiger charge is 2.36. The number of morpholine rings is 1. The molecule has 0 radical (unpaired) electrons. The molecule has 4 heteroatoms. The van der Waals surface area contributed by atoms with Crippen LogP contribution in [-0.2, 0) is 15.7 Å². The Bertz CT molecular complexity index is 498. The van der Waals surface area contributed by atoms with Crippen LogP contribution in [0.1, 0.15) is 45.6 Å². The van der Waals surface area contributed by atoms with Crippen molar-refractivity contribution < 1.29 is 9.16 Å². The Labute approximate surface area is 155 Å². The van der Waals surface area contributed by atoms with Gasteiger partial charge in [-0.05, 0) is 43.0 Å². The van der Waals surface area contributed by atoms with E-state index in [0.717, 1.165) is 45.7 Å². The van der Waals surface area contributed by atoms with E-state index in [9.17, 15) is 0 Å². The summed E-state index contributed by atoms with van der Waals surface area (Å²) in [5, 5.41) is 0.303. The topological polar surface area (TPSA) is 21.7 Å². The number of rotatable bonds is 8. The Morgan fingerprint density at radius 1 is 1.16 bits per heavy atom. The van der Waals surface area contributed by atoms with Crippen LogP contribution in [0.4, 0.5) is 0 Å². The smallest absolute Gasteiger partial charge is 0.191 e. The van der Waals surface area contributed by atoms with E-state index in [0.29, 0.717) is 11.1 Å². The molecule has 2 rings (SSSR count). The number of benzene rings is 1. The maximum absolute atomic E-state index is 6.27. The molecule has 142 valence electrons. The molecule has 3 nitrogen and oxygen atoms in total. The van der Waals surface area contributed by atoms with Crippen LogP contribution < -0.4 is 0 Å². The molecule has 1 aromatic rings. The summed E-state index contributed by atoms with van der Waals surface area (Å²) >= 11 is 0. The Balaban J connectivity index is 1.64. The molecule has 1 aromatic carbocycles. The van der Waals surface area contributed by atoms with E-state index in [1.54, 1.807) is 0 Å². The first-order valence-corrected chi connectivity index (χ1v) is 12.7. The van der Waals surface area contributed by atoms with Crippen LogP contribution in [0.25, 0.3) is 0 Å². The summed E-state index contributed by atoms with van der Waals surface area (Å²) in [4.78, 5) is 2.52. The Morgan fingerprint density at radius 3 is 2.56 bits per heavy atom. The molecule has 0 N–H and O–H groups in total. The molecule has 1 aliphatic heterocycles. The van der Waals surface area contributed by atoms with Crippen LogP contribution in [0.5, 0.6) is 0 Å². The first-order valence-electron chi connectivity index (χ1n) is 9.80. The molecule has 0 spiro atoms. The van der Waals surface area contributed by atoms with Crippen molar-refractivity contribution in [1.29, 1.82) is 0 Å². The van der Waals surface area contributed by atoms with Crippen molar-refractivity contribution in [2.75, 3.05) is 26.3 Å². The first-order chi connectivity index (χ1) is 11.8. The minimum Gasteiger partial charge on any atom is -0.417 e.